The molecule has 2 N–H and O–H groups in total. The number of aromatic amines is 1. The van der Waals surface area contributed by atoms with Gasteiger partial charge in [-0.3, -0.25) is 14.9 Å². The van der Waals surface area contributed by atoms with Crippen molar-refractivity contribution in [3.8, 4) is 11.4 Å². The van der Waals surface area contributed by atoms with Crippen LogP contribution in [-0.4, -0.2) is 58.2 Å². The molecule has 0 saturated carbocycles. The van der Waals surface area contributed by atoms with Crippen LogP contribution in [-0.2, 0) is 12.8 Å². The van der Waals surface area contributed by atoms with Crippen molar-refractivity contribution in [1.82, 2.24) is 30.4 Å². The summed E-state index contributed by atoms with van der Waals surface area (Å²) in [6, 6.07) is 5.04. The number of likely N-dealkylation sites (N-methyl/N-ethyl adjacent to an activating group) is 1. The highest BCUT2D eigenvalue weighted by Gasteiger charge is 2.24. The Labute approximate surface area is 197 Å². The van der Waals surface area contributed by atoms with E-state index in [0.717, 1.165) is 66.2 Å². The van der Waals surface area contributed by atoms with Crippen LogP contribution in [0.2, 0.25) is 0 Å². The largest absolute Gasteiger partial charge is 0.351 e. The van der Waals surface area contributed by atoms with E-state index >= 15 is 4.39 Å². The Kier molecular flexibility index (Phi) is 6.00. The van der Waals surface area contributed by atoms with Gasteiger partial charge in [-0.2, -0.15) is 5.10 Å². The molecule has 5 rings (SSSR count). The summed E-state index contributed by atoms with van der Waals surface area (Å²) in [5, 5.41) is 12.0. The molecule has 0 fully saturated rings. The number of halogens is 1. The van der Waals surface area contributed by atoms with E-state index in [1.165, 1.54) is 6.07 Å². The van der Waals surface area contributed by atoms with Crippen molar-refractivity contribution in [3.05, 3.63) is 52.6 Å². The fourth-order valence-corrected chi connectivity index (χ4v) is 4.87. The monoisotopic (exact) mass is 460 g/mol. The minimum Gasteiger partial charge on any atom is -0.351 e. The number of hydrogen-bond acceptors (Lipinski definition) is 5. The number of amides is 1. The second-order valence-corrected chi connectivity index (χ2v) is 9.29. The Bertz CT molecular complexity index is 1380. The first-order valence-electron chi connectivity index (χ1n) is 11.8. The molecule has 0 aliphatic heterocycles. The number of rotatable bonds is 5. The predicted molar refractivity (Wildman–Crippen MR) is 131 cm³/mol. The van der Waals surface area contributed by atoms with Crippen LogP contribution >= 0.6 is 0 Å². The average Bonchev–Trinajstić information content (AvgIpc) is 3.03. The lowest BCUT2D eigenvalue weighted by Gasteiger charge is -2.16. The lowest BCUT2D eigenvalue weighted by molar-refractivity contribution is 0.0950. The van der Waals surface area contributed by atoms with Gasteiger partial charge in [0.25, 0.3) is 5.91 Å². The molecule has 34 heavy (non-hydrogen) atoms. The molecule has 1 aliphatic carbocycles. The highest BCUT2D eigenvalue weighted by atomic mass is 19.1. The summed E-state index contributed by atoms with van der Waals surface area (Å²) in [6.07, 6.45) is 6.56. The lowest BCUT2D eigenvalue weighted by atomic mass is 9.92. The van der Waals surface area contributed by atoms with Crippen molar-refractivity contribution < 1.29 is 9.18 Å². The van der Waals surface area contributed by atoms with E-state index in [0.29, 0.717) is 34.5 Å². The smallest absolute Gasteiger partial charge is 0.252 e. The average molecular weight is 461 g/mol. The molecule has 3 aromatic heterocycles. The molecular formula is C26H29FN6O. The molecule has 0 bridgehead atoms. The SMILES string of the molecule is Cc1[nH]nc2cc(F)c3nc(-c4ccc(C(=O)NCCN(C)C)cn4)c4c(c3c12)CCCCC4. The first-order valence-corrected chi connectivity index (χ1v) is 11.8. The number of pyridine rings is 2. The molecule has 3 heterocycles. The molecule has 0 unspecified atom stereocenters. The van der Waals surface area contributed by atoms with Crippen LogP contribution in [0.4, 0.5) is 4.39 Å². The van der Waals surface area contributed by atoms with Gasteiger partial charge in [-0.05, 0) is 70.0 Å². The molecule has 176 valence electrons. The molecule has 1 amide bonds. The first kappa shape index (κ1) is 22.4. The summed E-state index contributed by atoms with van der Waals surface area (Å²) in [5.74, 6) is -0.533. The molecule has 0 saturated heterocycles. The number of nitrogens with zero attached hydrogens (tertiary/aromatic N) is 4. The second-order valence-electron chi connectivity index (χ2n) is 9.29. The zero-order valence-electron chi connectivity index (χ0n) is 19.8. The molecule has 1 aromatic carbocycles. The molecule has 0 radical (unpaired) electrons. The van der Waals surface area contributed by atoms with Crippen LogP contribution in [0.15, 0.2) is 24.4 Å². The number of fused-ring (bicyclic) bond motifs is 5. The predicted octanol–water partition coefficient (Wildman–Crippen LogP) is 4.18. The molecule has 0 atom stereocenters. The van der Waals surface area contributed by atoms with E-state index in [4.69, 9.17) is 4.98 Å². The van der Waals surface area contributed by atoms with E-state index in [2.05, 4.69) is 20.5 Å². The first-order chi connectivity index (χ1) is 16.4. The van der Waals surface area contributed by atoms with Crippen molar-refractivity contribution in [2.75, 3.05) is 27.2 Å². The molecule has 7 nitrogen and oxygen atoms in total. The Morgan fingerprint density at radius 1 is 1.15 bits per heavy atom. The Hall–Kier alpha value is -3.39. The number of H-pyrrole nitrogens is 1. The number of carbonyl (C=O) groups excluding carboxylic acids is 1. The lowest BCUT2D eigenvalue weighted by Crippen LogP contribution is -2.31. The summed E-state index contributed by atoms with van der Waals surface area (Å²) in [6.45, 7) is 3.29. The standard InChI is InChI=1S/C26H29FN6O/c1-15-22-21(32-31-15)13-19(27)25-23(22)17-7-5-4-6-8-18(17)24(30-25)20-10-9-16(14-29-20)26(34)28-11-12-33(2)3/h9-10,13-14H,4-8,11-12H2,1-3H3,(H,28,34)(H,31,32). The van der Waals surface area contributed by atoms with E-state index < -0.39 is 0 Å². The topological polar surface area (TPSA) is 86.8 Å². The number of aryl methyl sites for hydroxylation is 2. The van der Waals surface area contributed by atoms with Crippen molar-refractivity contribution >= 4 is 27.7 Å². The summed E-state index contributed by atoms with van der Waals surface area (Å²) in [5.41, 5.74) is 6.06. The van der Waals surface area contributed by atoms with Crippen molar-refractivity contribution in [2.45, 2.75) is 39.0 Å². The van der Waals surface area contributed by atoms with Gasteiger partial charge in [0, 0.05) is 41.8 Å². The van der Waals surface area contributed by atoms with Crippen molar-refractivity contribution in [1.29, 1.82) is 0 Å². The molecule has 8 heteroatoms. The summed E-state index contributed by atoms with van der Waals surface area (Å²) in [4.78, 5) is 23.9. The van der Waals surface area contributed by atoms with Crippen LogP contribution in [0, 0.1) is 12.7 Å². The maximum Gasteiger partial charge on any atom is 0.252 e. The van der Waals surface area contributed by atoms with Gasteiger partial charge in [-0.15, -0.1) is 0 Å². The maximum absolute atomic E-state index is 15.2. The number of aromatic nitrogens is 4. The number of carbonyl (C=O) groups is 1. The highest BCUT2D eigenvalue weighted by molar-refractivity contribution is 6.09. The third-order valence-electron chi connectivity index (χ3n) is 6.59. The summed E-state index contributed by atoms with van der Waals surface area (Å²) < 4.78 is 15.2. The Morgan fingerprint density at radius 2 is 1.94 bits per heavy atom. The quantitative estimate of drug-likeness (QED) is 0.436. The minimum absolute atomic E-state index is 0.157. The van der Waals surface area contributed by atoms with Crippen LogP contribution in [0.3, 0.4) is 0 Å². The third kappa shape index (κ3) is 4.03. The Balaban J connectivity index is 1.61. The maximum atomic E-state index is 15.2. The van der Waals surface area contributed by atoms with Gasteiger partial charge in [0.2, 0.25) is 0 Å². The van der Waals surface area contributed by atoms with Gasteiger partial charge in [-0.1, -0.05) is 6.42 Å². The third-order valence-corrected chi connectivity index (χ3v) is 6.59. The second kappa shape index (κ2) is 9.10. The van der Waals surface area contributed by atoms with Gasteiger partial charge in [0.05, 0.1) is 22.5 Å². The molecule has 1 aliphatic rings. The fraction of sp³-hybridized carbons (Fsp3) is 0.385. The van der Waals surface area contributed by atoms with E-state index in [1.54, 1.807) is 12.3 Å². The van der Waals surface area contributed by atoms with Gasteiger partial charge in [-0.25, -0.2) is 9.37 Å². The highest BCUT2D eigenvalue weighted by Crippen LogP contribution is 2.38. The van der Waals surface area contributed by atoms with Crippen molar-refractivity contribution in [2.24, 2.45) is 0 Å². The zero-order chi connectivity index (χ0) is 23.8. The van der Waals surface area contributed by atoms with Gasteiger partial charge in [0.1, 0.15) is 5.52 Å². The normalized spacial score (nSPS) is 13.9. The van der Waals surface area contributed by atoms with Crippen LogP contribution in [0.1, 0.15) is 46.4 Å². The number of hydrogen-bond donors (Lipinski definition) is 2. The number of benzene rings is 1. The summed E-state index contributed by atoms with van der Waals surface area (Å²) >= 11 is 0. The fourth-order valence-electron chi connectivity index (χ4n) is 4.87. The van der Waals surface area contributed by atoms with E-state index in [1.807, 2.05) is 32.0 Å². The zero-order valence-corrected chi connectivity index (χ0v) is 19.8. The van der Waals surface area contributed by atoms with Gasteiger partial charge >= 0.3 is 0 Å². The van der Waals surface area contributed by atoms with Crippen LogP contribution in [0.5, 0.6) is 0 Å². The molecule has 4 aromatic rings. The van der Waals surface area contributed by atoms with Gasteiger partial charge < -0.3 is 10.2 Å². The molecule has 0 spiro atoms. The van der Waals surface area contributed by atoms with Crippen LogP contribution < -0.4 is 5.32 Å². The van der Waals surface area contributed by atoms with E-state index in [-0.39, 0.29) is 11.7 Å². The van der Waals surface area contributed by atoms with E-state index in [9.17, 15) is 4.79 Å². The number of nitrogens with one attached hydrogen (secondary N) is 2. The summed E-state index contributed by atoms with van der Waals surface area (Å²) in [7, 11) is 3.92. The van der Waals surface area contributed by atoms with Crippen molar-refractivity contribution in [3.63, 3.8) is 0 Å². The van der Waals surface area contributed by atoms with Gasteiger partial charge in [0.15, 0.2) is 5.82 Å². The Morgan fingerprint density at radius 3 is 2.68 bits per heavy atom. The van der Waals surface area contributed by atoms with Crippen LogP contribution in [0.25, 0.3) is 33.2 Å². The minimum atomic E-state index is -0.376. The molecular weight excluding hydrogens is 431 g/mol.